The van der Waals surface area contributed by atoms with Gasteiger partial charge in [-0.25, -0.2) is 4.79 Å². The molecule has 4 nitrogen and oxygen atoms in total. The molecule has 0 fully saturated rings. The number of amides is 1. The van der Waals surface area contributed by atoms with E-state index in [1.54, 1.807) is 20.8 Å². The van der Waals surface area contributed by atoms with E-state index in [-0.39, 0.29) is 19.4 Å². The fourth-order valence-corrected chi connectivity index (χ4v) is 0.990. The SMILES string of the molecule is CC(C)(C)OC(=O)NCCC[C@H](N)C(F)(F)F. The summed E-state index contributed by atoms with van der Waals surface area (Å²) in [5.41, 5.74) is 4.28. The van der Waals surface area contributed by atoms with Crippen molar-refractivity contribution in [2.75, 3.05) is 6.54 Å². The zero-order chi connectivity index (χ0) is 13.7. The summed E-state index contributed by atoms with van der Waals surface area (Å²) in [6, 6.07) is -1.84. The molecular formula is C10H19F3N2O2. The second-order valence-corrected chi connectivity index (χ2v) is 4.72. The Labute approximate surface area is 98.7 Å². The quantitative estimate of drug-likeness (QED) is 0.758. The fraction of sp³-hybridized carbons (Fsp3) is 0.900. The van der Waals surface area contributed by atoms with Gasteiger partial charge < -0.3 is 15.8 Å². The lowest BCUT2D eigenvalue weighted by atomic mass is 10.1. The summed E-state index contributed by atoms with van der Waals surface area (Å²) in [6.07, 6.45) is -5.09. The van der Waals surface area contributed by atoms with Gasteiger partial charge in [-0.1, -0.05) is 0 Å². The molecule has 0 spiro atoms. The molecular weight excluding hydrogens is 237 g/mol. The molecule has 1 atom stereocenters. The monoisotopic (exact) mass is 256 g/mol. The number of alkyl carbamates (subject to hydrolysis) is 1. The van der Waals surface area contributed by atoms with Crippen LogP contribution in [0.3, 0.4) is 0 Å². The first-order chi connectivity index (χ1) is 7.52. The number of hydrogen-bond acceptors (Lipinski definition) is 3. The molecule has 0 unspecified atom stereocenters. The van der Waals surface area contributed by atoms with Crippen LogP contribution in [0.2, 0.25) is 0 Å². The van der Waals surface area contributed by atoms with Crippen molar-refractivity contribution in [2.45, 2.75) is 51.4 Å². The summed E-state index contributed by atoms with van der Waals surface area (Å²) in [6.45, 7) is 5.21. The summed E-state index contributed by atoms with van der Waals surface area (Å²) in [4.78, 5) is 11.1. The Hall–Kier alpha value is -0.980. The van der Waals surface area contributed by atoms with Crippen LogP contribution in [0.4, 0.5) is 18.0 Å². The van der Waals surface area contributed by atoms with Crippen molar-refractivity contribution in [1.29, 1.82) is 0 Å². The number of carbonyl (C=O) groups excluding carboxylic acids is 1. The van der Waals surface area contributed by atoms with E-state index < -0.39 is 23.9 Å². The zero-order valence-electron chi connectivity index (χ0n) is 10.2. The van der Waals surface area contributed by atoms with E-state index >= 15 is 0 Å². The maximum Gasteiger partial charge on any atom is 0.407 e. The Kier molecular flexibility index (Phi) is 5.74. The van der Waals surface area contributed by atoms with Crippen LogP contribution < -0.4 is 11.1 Å². The largest absolute Gasteiger partial charge is 0.444 e. The number of nitrogens with two attached hydrogens (primary N) is 1. The lowest BCUT2D eigenvalue weighted by molar-refractivity contribution is -0.149. The van der Waals surface area contributed by atoms with Gasteiger partial charge in [0, 0.05) is 6.54 Å². The van der Waals surface area contributed by atoms with Gasteiger partial charge >= 0.3 is 12.3 Å². The summed E-state index contributed by atoms with van der Waals surface area (Å²) in [7, 11) is 0. The minimum absolute atomic E-state index is 0.110. The van der Waals surface area contributed by atoms with Gasteiger partial charge in [-0.2, -0.15) is 13.2 Å². The summed E-state index contributed by atoms with van der Waals surface area (Å²) < 4.78 is 41.0. The molecule has 0 saturated heterocycles. The molecule has 7 heteroatoms. The Morgan fingerprint density at radius 2 is 1.88 bits per heavy atom. The molecule has 0 bridgehead atoms. The molecule has 0 saturated carbocycles. The second-order valence-electron chi connectivity index (χ2n) is 4.72. The standard InChI is InChI=1S/C10H19F3N2O2/c1-9(2,3)17-8(16)15-6-4-5-7(14)10(11,12)13/h7H,4-6,14H2,1-3H3,(H,15,16)/t7-/m0/s1. The van der Waals surface area contributed by atoms with Crippen molar-refractivity contribution in [3.05, 3.63) is 0 Å². The lowest BCUT2D eigenvalue weighted by Gasteiger charge is -2.20. The predicted octanol–water partition coefficient (Wildman–Crippen LogP) is 2.18. The maximum absolute atomic E-state index is 12.0. The van der Waals surface area contributed by atoms with Crippen molar-refractivity contribution < 1.29 is 22.7 Å². The van der Waals surface area contributed by atoms with Gasteiger partial charge in [-0.15, -0.1) is 0 Å². The van der Waals surface area contributed by atoms with E-state index in [9.17, 15) is 18.0 Å². The predicted molar refractivity (Wildman–Crippen MR) is 57.5 cm³/mol. The van der Waals surface area contributed by atoms with Gasteiger partial charge in [0.2, 0.25) is 0 Å². The van der Waals surface area contributed by atoms with Crippen LogP contribution in [0, 0.1) is 0 Å². The maximum atomic E-state index is 12.0. The van der Waals surface area contributed by atoms with Crippen molar-refractivity contribution in [3.63, 3.8) is 0 Å². The van der Waals surface area contributed by atoms with Gasteiger partial charge in [-0.3, -0.25) is 0 Å². The Morgan fingerprint density at radius 3 is 2.29 bits per heavy atom. The fourth-order valence-electron chi connectivity index (χ4n) is 0.990. The Bertz CT molecular complexity index is 249. The molecule has 17 heavy (non-hydrogen) atoms. The third-order valence-electron chi connectivity index (χ3n) is 1.78. The number of hydrogen-bond donors (Lipinski definition) is 2. The molecule has 1 amide bonds. The van der Waals surface area contributed by atoms with Gasteiger partial charge in [0.05, 0.1) is 0 Å². The minimum Gasteiger partial charge on any atom is -0.444 e. The number of halogens is 3. The molecule has 3 N–H and O–H groups in total. The molecule has 0 aromatic heterocycles. The first kappa shape index (κ1) is 16.0. The van der Waals surface area contributed by atoms with E-state index in [0.29, 0.717) is 0 Å². The molecule has 0 aliphatic rings. The second kappa shape index (κ2) is 6.09. The number of carbonyl (C=O) groups is 1. The number of ether oxygens (including phenoxy) is 1. The highest BCUT2D eigenvalue weighted by atomic mass is 19.4. The van der Waals surface area contributed by atoms with Crippen LogP contribution in [0.15, 0.2) is 0 Å². The van der Waals surface area contributed by atoms with E-state index in [1.165, 1.54) is 0 Å². The summed E-state index contributed by atoms with van der Waals surface area (Å²) in [5, 5.41) is 2.36. The normalized spacial score (nSPS) is 14.3. The highest BCUT2D eigenvalue weighted by Gasteiger charge is 2.35. The van der Waals surface area contributed by atoms with E-state index in [0.717, 1.165) is 0 Å². The van der Waals surface area contributed by atoms with Crippen LogP contribution in [0.25, 0.3) is 0 Å². The highest BCUT2D eigenvalue weighted by Crippen LogP contribution is 2.21. The molecule has 102 valence electrons. The van der Waals surface area contributed by atoms with Crippen molar-refractivity contribution in [2.24, 2.45) is 5.73 Å². The summed E-state index contributed by atoms with van der Waals surface area (Å²) in [5.74, 6) is 0. The van der Waals surface area contributed by atoms with Gasteiger partial charge in [0.1, 0.15) is 11.6 Å². The van der Waals surface area contributed by atoms with E-state index in [4.69, 9.17) is 10.5 Å². The van der Waals surface area contributed by atoms with E-state index in [1.807, 2.05) is 0 Å². The average Bonchev–Trinajstić information content (AvgIpc) is 2.07. The average molecular weight is 256 g/mol. The molecule has 0 aromatic rings. The van der Waals surface area contributed by atoms with Crippen LogP contribution in [0.1, 0.15) is 33.6 Å². The number of alkyl halides is 3. The molecule has 0 aliphatic carbocycles. The zero-order valence-corrected chi connectivity index (χ0v) is 10.2. The van der Waals surface area contributed by atoms with Crippen molar-refractivity contribution >= 4 is 6.09 Å². The lowest BCUT2D eigenvalue weighted by Crippen LogP contribution is -2.38. The molecule has 0 rings (SSSR count). The summed E-state index contributed by atoms with van der Waals surface area (Å²) >= 11 is 0. The van der Waals surface area contributed by atoms with E-state index in [2.05, 4.69) is 5.32 Å². The van der Waals surface area contributed by atoms with Crippen molar-refractivity contribution in [3.8, 4) is 0 Å². The number of rotatable bonds is 4. The third-order valence-corrected chi connectivity index (χ3v) is 1.78. The molecule has 0 aromatic carbocycles. The third kappa shape index (κ3) is 8.79. The van der Waals surface area contributed by atoms with Crippen LogP contribution in [0.5, 0.6) is 0 Å². The van der Waals surface area contributed by atoms with Gasteiger partial charge in [-0.05, 0) is 33.6 Å². The topological polar surface area (TPSA) is 64.3 Å². The smallest absolute Gasteiger partial charge is 0.407 e. The van der Waals surface area contributed by atoms with Crippen molar-refractivity contribution in [1.82, 2.24) is 5.32 Å². The number of nitrogens with one attached hydrogen (secondary N) is 1. The molecule has 0 heterocycles. The van der Waals surface area contributed by atoms with Crippen LogP contribution >= 0.6 is 0 Å². The van der Waals surface area contributed by atoms with Crippen LogP contribution in [-0.4, -0.2) is 30.5 Å². The molecule has 0 radical (unpaired) electrons. The minimum atomic E-state index is -4.38. The van der Waals surface area contributed by atoms with Crippen LogP contribution in [-0.2, 0) is 4.74 Å². The van der Waals surface area contributed by atoms with Gasteiger partial charge in [0.25, 0.3) is 0 Å². The highest BCUT2D eigenvalue weighted by molar-refractivity contribution is 5.67. The molecule has 0 aliphatic heterocycles. The first-order valence-corrected chi connectivity index (χ1v) is 5.31. The van der Waals surface area contributed by atoms with Gasteiger partial charge in [0.15, 0.2) is 0 Å². The first-order valence-electron chi connectivity index (χ1n) is 5.31. The Balaban J connectivity index is 3.69. The Morgan fingerprint density at radius 1 is 1.35 bits per heavy atom.